The fourth-order valence-electron chi connectivity index (χ4n) is 4.94. The largest absolute Gasteiger partial charge is 0.348 e. The highest BCUT2D eigenvalue weighted by Crippen LogP contribution is 2.34. The Morgan fingerprint density at radius 1 is 0.917 bits per heavy atom. The molecule has 1 aliphatic carbocycles. The third-order valence-corrected chi connectivity index (χ3v) is 8.55. The van der Waals surface area contributed by atoms with E-state index >= 15 is 0 Å². The Morgan fingerprint density at radius 2 is 1.75 bits per heavy atom. The number of fused-ring (bicyclic) bond motifs is 1. The van der Waals surface area contributed by atoms with E-state index in [1.54, 1.807) is 25.4 Å². The van der Waals surface area contributed by atoms with Crippen LogP contribution in [-0.2, 0) is 36.1 Å². The third kappa shape index (κ3) is 5.41. The van der Waals surface area contributed by atoms with E-state index in [9.17, 15) is 8.42 Å². The van der Waals surface area contributed by atoms with Gasteiger partial charge in [-0.1, -0.05) is 48.5 Å². The number of nitrogens with one attached hydrogen (secondary N) is 1. The molecule has 5 rings (SSSR count). The van der Waals surface area contributed by atoms with E-state index in [-0.39, 0.29) is 6.04 Å². The van der Waals surface area contributed by atoms with Crippen molar-refractivity contribution >= 4 is 10.0 Å². The molecular formula is C28H31N5O2S. The van der Waals surface area contributed by atoms with Crippen molar-refractivity contribution in [2.24, 2.45) is 0 Å². The van der Waals surface area contributed by atoms with Crippen molar-refractivity contribution in [3.63, 3.8) is 0 Å². The van der Waals surface area contributed by atoms with Crippen molar-refractivity contribution in [3.8, 4) is 0 Å². The number of aromatic amines is 1. The van der Waals surface area contributed by atoms with Crippen molar-refractivity contribution < 1.29 is 8.42 Å². The summed E-state index contributed by atoms with van der Waals surface area (Å²) in [4.78, 5) is 15.1. The van der Waals surface area contributed by atoms with Gasteiger partial charge in [-0.2, -0.15) is 4.31 Å². The van der Waals surface area contributed by atoms with E-state index in [1.807, 2.05) is 60.9 Å². The third-order valence-electron chi connectivity index (χ3n) is 6.75. The summed E-state index contributed by atoms with van der Waals surface area (Å²) in [6.07, 6.45) is 8.58. The van der Waals surface area contributed by atoms with Crippen LogP contribution in [0.25, 0.3) is 0 Å². The van der Waals surface area contributed by atoms with Crippen molar-refractivity contribution in [1.82, 2.24) is 24.2 Å². The number of benzene rings is 2. The molecule has 7 nitrogen and oxygen atoms in total. The number of aromatic nitrogens is 3. The second-order valence-corrected chi connectivity index (χ2v) is 11.3. The van der Waals surface area contributed by atoms with Gasteiger partial charge in [0.2, 0.25) is 10.0 Å². The Morgan fingerprint density at radius 3 is 2.56 bits per heavy atom. The van der Waals surface area contributed by atoms with Crippen LogP contribution < -0.4 is 0 Å². The fraction of sp³-hybridized carbons (Fsp3) is 0.286. The maximum Gasteiger partial charge on any atom is 0.243 e. The van der Waals surface area contributed by atoms with Crippen LogP contribution in [0.15, 0.2) is 90.2 Å². The van der Waals surface area contributed by atoms with Gasteiger partial charge < -0.3 is 4.98 Å². The lowest BCUT2D eigenvalue weighted by Crippen LogP contribution is -2.32. The van der Waals surface area contributed by atoms with Gasteiger partial charge in [0.15, 0.2) is 0 Å². The second-order valence-electron chi connectivity index (χ2n) is 9.29. The van der Waals surface area contributed by atoms with E-state index in [1.165, 1.54) is 9.87 Å². The molecule has 1 aliphatic rings. The number of hydrogen-bond acceptors (Lipinski definition) is 5. The zero-order valence-electron chi connectivity index (χ0n) is 20.4. The topological polar surface area (TPSA) is 82.2 Å². The van der Waals surface area contributed by atoms with Crippen LogP contribution >= 0.6 is 0 Å². The first-order valence-electron chi connectivity index (χ1n) is 12.3. The van der Waals surface area contributed by atoms with Gasteiger partial charge in [-0.05, 0) is 54.2 Å². The summed E-state index contributed by atoms with van der Waals surface area (Å²) in [7, 11) is -2.01. The number of sulfonamides is 1. The zero-order valence-corrected chi connectivity index (χ0v) is 21.2. The minimum absolute atomic E-state index is 0.140. The number of pyridine rings is 1. The Hall–Kier alpha value is -3.33. The minimum atomic E-state index is -3.63. The molecule has 0 aliphatic heterocycles. The summed E-state index contributed by atoms with van der Waals surface area (Å²) in [5.41, 5.74) is 4.30. The molecule has 0 spiro atoms. The standard InChI is InChI=1S/C28H31N5O2S/c1-32(19-22-8-3-2-4-9-22)36(34,35)25-13-5-10-23(18-25)20-33(21-27-29-16-17-30-27)26-14-6-11-24-12-7-15-31-28(24)26/h2-5,7-10,12-13,15-18,26H,6,11,14,19-21H2,1H3,(H,29,30). The van der Waals surface area contributed by atoms with Gasteiger partial charge in [0, 0.05) is 38.7 Å². The molecule has 36 heavy (non-hydrogen) atoms. The molecule has 0 radical (unpaired) electrons. The molecule has 2 heterocycles. The predicted molar refractivity (Wildman–Crippen MR) is 139 cm³/mol. The van der Waals surface area contributed by atoms with Gasteiger partial charge in [0.05, 0.1) is 23.2 Å². The molecule has 0 amide bonds. The quantitative estimate of drug-likeness (QED) is 0.359. The number of hydrogen-bond donors (Lipinski definition) is 1. The highest BCUT2D eigenvalue weighted by molar-refractivity contribution is 7.89. The van der Waals surface area contributed by atoms with Crippen LogP contribution in [0, 0.1) is 0 Å². The van der Waals surface area contributed by atoms with Crippen molar-refractivity contribution in [1.29, 1.82) is 0 Å². The van der Waals surface area contributed by atoms with E-state index in [0.717, 1.165) is 41.9 Å². The highest BCUT2D eigenvalue weighted by atomic mass is 32.2. The van der Waals surface area contributed by atoms with Crippen LogP contribution in [0.2, 0.25) is 0 Å². The highest BCUT2D eigenvalue weighted by Gasteiger charge is 2.28. The van der Waals surface area contributed by atoms with E-state index in [2.05, 4.69) is 20.9 Å². The van der Waals surface area contributed by atoms with E-state index in [4.69, 9.17) is 4.98 Å². The van der Waals surface area contributed by atoms with Crippen LogP contribution in [0.1, 0.15) is 47.1 Å². The number of H-pyrrole nitrogens is 1. The molecule has 1 unspecified atom stereocenters. The van der Waals surface area contributed by atoms with Gasteiger partial charge in [-0.15, -0.1) is 0 Å². The number of nitrogens with zero attached hydrogens (tertiary/aromatic N) is 4. The van der Waals surface area contributed by atoms with E-state index in [0.29, 0.717) is 24.5 Å². The van der Waals surface area contributed by atoms with Crippen LogP contribution in [0.5, 0.6) is 0 Å². The van der Waals surface area contributed by atoms with E-state index < -0.39 is 10.0 Å². The summed E-state index contributed by atoms with van der Waals surface area (Å²) in [6, 6.07) is 21.2. The summed E-state index contributed by atoms with van der Waals surface area (Å²) < 4.78 is 28.2. The molecule has 0 bridgehead atoms. The number of aryl methyl sites for hydroxylation is 1. The van der Waals surface area contributed by atoms with Crippen LogP contribution in [0.4, 0.5) is 0 Å². The van der Waals surface area contributed by atoms with Gasteiger partial charge in [0.1, 0.15) is 5.82 Å². The first-order valence-corrected chi connectivity index (χ1v) is 13.7. The fourth-order valence-corrected chi connectivity index (χ4v) is 6.17. The summed E-state index contributed by atoms with van der Waals surface area (Å²) >= 11 is 0. The predicted octanol–water partition coefficient (Wildman–Crippen LogP) is 4.71. The molecular weight excluding hydrogens is 470 g/mol. The Bertz CT molecular complexity index is 1390. The number of imidazole rings is 1. The molecule has 1 N–H and O–H groups in total. The van der Waals surface area contributed by atoms with Crippen molar-refractivity contribution in [3.05, 3.63) is 114 Å². The Balaban J connectivity index is 1.41. The smallest absolute Gasteiger partial charge is 0.243 e. The minimum Gasteiger partial charge on any atom is -0.348 e. The molecule has 0 saturated carbocycles. The first kappa shape index (κ1) is 24.4. The molecule has 0 fully saturated rings. The maximum atomic E-state index is 13.4. The molecule has 0 saturated heterocycles. The monoisotopic (exact) mass is 501 g/mol. The summed E-state index contributed by atoms with van der Waals surface area (Å²) in [6.45, 7) is 1.54. The number of rotatable bonds is 9. The van der Waals surface area contributed by atoms with Gasteiger partial charge in [-0.3, -0.25) is 9.88 Å². The van der Waals surface area contributed by atoms with Gasteiger partial charge >= 0.3 is 0 Å². The molecule has 1 atom stereocenters. The lowest BCUT2D eigenvalue weighted by Gasteiger charge is -2.34. The maximum absolute atomic E-state index is 13.4. The molecule has 186 valence electrons. The normalized spacial score (nSPS) is 15.8. The Labute approximate surface area is 212 Å². The average Bonchev–Trinajstić information content (AvgIpc) is 3.42. The molecule has 4 aromatic rings. The molecule has 2 aromatic heterocycles. The second kappa shape index (κ2) is 10.7. The van der Waals surface area contributed by atoms with Crippen molar-refractivity contribution in [2.45, 2.75) is 49.8 Å². The van der Waals surface area contributed by atoms with Gasteiger partial charge in [0.25, 0.3) is 0 Å². The first-order chi connectivity index (χ1) is 17.5. The molecule has 2 aromatic carbocycles. The lowest BCUT2D eigenvalue weighted by molar-refractivity contribution is 0.153. The van der Waals surface area contributed by atoms with Crippen LogP contribution in [-0.4, -0.2) is 39.6 Å². The Kier molecular flexibility index (Phi) is 7.27. The van der Waals surface area contributed by atoms with Gasteiger partial charge in [-0.25, -0.2) is 13.4 Å². The summed E-state index contributed by atoms with van der Waals surface area (Å²) in [5, 5.41) is 0. The zero-order chi connectivity index (χ0) is 25.0. The SMILES string of the molecule is CN(Cc1ccccc1)S(=O)(=O)c1cccc(CN(Cc2ncc[nH]2)C2CCCc3cccnc32)c1. The average molecular weight is 502 g/mol. The van der Waals surface area contributed by atoms with Crippen molar-refractivity contribution in [2.75, 3.05) is 7.05 Å². The lowest BCUT2D eigenvalue weighted by atomic mass is 9.90. The molecule has 8 heteroatoms. The van der Waals surface area contributed by atoms with Crippen LogP contribution in [0.3, 0.4) is 0 Å². The summed E-state index contributed by atoms with van der Waals surface area (Å²) in [5.74, 6) is 0.879.